The van der Waals surface area contributed by atoms with Gasteiger partial charge in [0.15, 0.2) is 5.78 Å². The maximum Gasteiger partial charge on any atom is 0.184 e. The van der Waals surface area contributed by atoms with Crippen molar-refractivity contribution in [3.8, 4) is 0 Å². The molecule has 2 aliphatic carbocycles. The third-order valence-electron chi connectivity index (χ3n) is 6.05. The van der Waals surface area contributed by atoms with Gasteiger partial charge >= 0.3 is 0 Å². The normalized spacial score (nSPS) is 18.9. The lowest BCUT2D eigenvalue weighted by Gasteiger charge is -2.34. The Labute approximate surface area is 162 Å². The van der Waals surface area contributed by atoms with Gasteiger partial charge in [-0.3, -0.25) is 4.79 Å². The van der Waals surface area contributed by atoms with Gasteiger partial charge < -0.3 is 0 Å². The van der Waals surface area contributed by atoms with Gasteiger partial charge in [0.25, 0.3) is 0 Å². The molecule has 0 aromatic rings. The van der Waals surface area contributed by atoms with Gasteiger partial charge in [0.1, 0.15) is 0 Å². The highest BCUT2D eigenvalue weighted by Crippen LogP contribution is 2.42. The maximum atomic E-state index is 13.0. The summed E-state index contributed by atoms with van der Waals surface area (Å²) in [6, 6.07) is 0. The molecule has 0 radical (unpaired) electrons. The number of unbranched alkanes of at least 4 members (excludes halogenated alkanes) is 8. The van der Waals surface area contributed by atoms with E-state index >= 15 is 0 Å². The second-order valence-electron chi connectivity index (χ2n) is 8.44. The van der Waals surface area contributed by atoms with Crippen molar-refractivity contribution in [2.45, 2.75) is 110 Å². The minimum atomic E-state index is 0.139. The largest absolute Gasteiger partial charge is 0.289 e. The predicted octanol–water partition coefficient (Wildman–Crippen LogP) is 7.87. The first-order valence-electron chi connectivity index (χ1n) is 11.3. The van der Waals surface area contributed by atoms with E-state index in [-0.39, 0.29) is 5.41 Å². The Morgan fingerprint density at radius 2 is 1.31 bits per heavy atom. The fourth-order valence-electron chi connectivity index (χ4n) is 4.42. The lowest BCUT2D eigenvalue weighted by molar-refractivity contribution is -0.112. The molecule has 26 heavy (non-hydrogen) atoms. The number of rotatable bonds is 12. The number of carbonyl (C=O) groups excluding carboxylic acids is 1. The van der Waals surface area contributed by atoms with Gasteiger partial charge in [-0.2, -0.15) is 0 Å². The van der Waals surface area contributed by atoms with Gasteiger partial charge in [-0.25, -0.2) is 0 Å². The fourth-order valence-corrected chi connectivity index (χ4v) is 4.42. The molecule has 0 atom stereocenters. The van der Waals surface area contributed by atoms with Gasteiger partial charge in [-0.15, -0.1) is 0 Å². The Morgan fingerprint density at radius 1 is 0.769 bits per heavy atom. The lowest BCUT2D eigenvalue weighted by atomic mass is 9.70. The van der Waals surface area contributed by atoms with Crippen LogP contribution in [0, 0.1) is 5.41 Å². The molecule has 0 saturated carbocycles. The monoisotopic (exact) mass is 356 g/mol. The van der Waals surface area contributed by atoms with E-state index in [9.17, 15) is 4.79 Å². The molecule has 2 aliphatic rings. The molecule has 1 spiro atoms. The van der Waals surface area contributed by atoms with Crippen molar-refractivity contribution in [2.75, 3.05) is 0 Å². The number of ketones is 1. The van der Waals surface area contributed by atoms with Crippen molar-refractivity contribution in [3.05, 3.63) is 35.5 Å². The zero-order valence-electron chi connectivity index (χ0n) is 17.3. The van der Waals surface area contributed by atoms with Crippen LogP contribution in [-0.2, 0) is 4.79 Å². The fraction of sp³-hybridized carbons (Fsp3) is 0.720. The topological polar surface area (TPSA) is 17.1 Å². The summed E-state index contributed by atoms with van der Waals surface area (Å²) in [5, 5.41) is 0. The van der Waals surface area contributed by atoms with E-state index in [1.165, 1.54) is 70.6 Å². The molecule has 0 bridgehead atoms. The zero-order chi connectivity index (χ0) is 18.7. The summed E-state index contributed by atoms with van der Waals surface area (Å²) in [5.74, 6) is 0.371. The van der Waals surface area contributed by atoms with E-state index < -0.39 is 0 Å². The molecule has 0 aromatic heterocycles. The zero-order valence-corrected chi connectivity index (χ0v) is 17.3. The summed E-state index contributed by atoms with van der Waals surface area (Å²) >= 11 is 0. The van der Waals surface area contributed by atoms with E-state index in [0.717, 1.165) is 36.8 Å². The van der Waals surface area contributed by atoms with Crippen LogP contribution in [0.25, 0.3) is 0 Å². The van der Waals surface area contributed by atoms with E-state index in [1.807, 2.05) is 0 Å². The molecule has 1 nitrogen and oxygen atoms in total. The van der Waals surface area contributed by atoms with Crippen LogP contribution in [0.2, 0.25) is 0 Å². The molecule has 1 heteroatoms. The van der Waals surface area contributed by atoms with Gasteiger partial charge in [0.2, 0.25) is 0 Å². The number of hydrogen-bond donors (Lipinski definition) is 0. The minimum absolute atomic E-state index is 0.139. The summed E-state index contributed by atoms with van der Waals surface area (Å²) < 4.78 is 0. The second kappa shape index (κ2) is 11.6. The van der Waals surface area contributed by atoms with Crippen molar-refractivity contribution in [2.24, 2.45) is 5.41 Å². The highest BCUT2D eigenvalue weighted by Gasteiger charge is 2.33. The van der Waals surface area contributed by atoms with E-state index in [1.54, 1.807) is 0 Å². The van der Waals surface area contributed by atoms with Crippen LogP contribution < -0.4 is 0 Å². The average Bonchev–Trinajstić information content (AvgIpc) is 2.65. The van der Waals surface area contributed by atoms with E-state index in [2.05, 4.69) is 38.2 Å². The van der Waals surface area contributed by atoms with Crippen molar-refractivity contribution >= 4 is 5.78 Å². The summed E-state index contributed by atoms with van der Waals surface area (Å²) in [6.07, 6.45) is 27.4. The molecule has 0 aliphatic heterocycles. The molecule has 0 amide bonds. The Morgan fingerprint density at radius 3 is 1.77 bits per heavy atom. The number of Topliss-reactive ketones (excluding diaryl/α,β-unsaturated/α-hetero) is 1. The Bertz CT molecular complexity index is 486. The molecule has 0 aromatic carbocycles. The standard InChI is InChI=1S/C25H40O/c1-3-5-7-9-12-16-22-20-25(18-14-11-15-19-25)21-23(24(22)26)17-13-10-8-6-4-2/h11,14,20-21H,3-10,12-13,15-19H2,1-2H3. The van der Waals surface area contributed by atoms with Crippen molar-refractivity contribution < 1.29 is 4.79 Å². The van der Waals surface area contributed by atoms with Gasteiger partial charge in [0, 0.05) is 5.41 Å². The Kier molecular flexibility index (Phi) is 9.43. The minimum Gasteiger partial charge on any atom is -0.289 e. The van der Waals surface area contributed by atoms with E-state index in [4.69, 9.17) is 0 Å². The van der Waals surface area contributed by atoms with Crippen LogP contribution in [0.4, 0.5) is 0 Å². The van der Waals surface area contributed by atoms with Gasteiger partial charge in [0.05, 0.1) is 0 Å². The van der Waals surface area contributed by atoms with Crippen molar-refractivity contribution in [3.63, 3.8) is 0 Å². The Hall–Kier alpha value is -1.11. The van der Waals surface area contributed by atoms with E-state index in [0.29, 0.717) is 5.78 Å². The third-order valence-corrected chi connectivity index (χ3v) is 6.05. The van der Waals surface area contributed by atoms with Crippen LogP contribution in [0.5, 0.6) is 0 Å². The summed E-state index contributed by atoms with van der Waals surface area (Å²) in [7, 11) is 0. The molecule has 0 fully saturated rings. The number of hydrogen-bond acceptors (Lipinski definition) is 1. The van der Waals surface area contributed by atoms with Gasteiger partial charge in [-0.1, -0.05) is 89.5 Å². The lowest BCUT2D eigenvalue weighted by Crippen LogP contribution is -2.25. The summed E-state index contributed by atoms with van der Waals surface area (Å²) in [4.78, 5) is 13.0. The highest BCUT2D eigenvalue weighted by molar-refractivity contribution is 6.09. The summed E-state index contributed by atoms with van der Waals surface area (Å²) in [5.41, 5.74) is 2.39. The highest BCUT2D eigenvalue weighted by atomic mass is 16.1. The molecule has 146 valence electrons. The maximum absolute atomic E-state index is 13.0. The van der Waals surface area contributed by atoms with Crippen LogP contribution in [0.1, 0.15) is 110 Å². The quantitative estimate of drug-likeness (QED) is 0.257. The van der Waals surface area contributed by atoms with Crippen LogP contribution in [-0.4, -0.2) is 5.78 Å². The average molecular weight is 357 g/mol. The SMILES string of the molecule is CCCCCCCC1=CC2(C=C(CCCCCCC)C1=O)CC=CCC2. The molecular weight excluding hydrogens is 316 g/mol. The second-order valence-corrected chi connectivity index (χ2v) is 8.44. The van der Waals surface area contributed by atoms with Crippen molar-refractivity contribution in [1.29, 1.82) is 0 Å². The first kappa shape index (κ1) is 21.2. The molecule has 0 N–H and O–H groups in total. The van der Waals surface area contributed by atoms with Crippen LogP contribution in [0.15, 0.2) is 35.5 Å². The predicted molar refractivity (Wildman–Crippen MR) is 113 cm³/mol. The molecule has 0 unspecified atom stereocenters. The van der Waals surface area contributed by atoms with Crippen molar-refractivity contribution in [1.82, 2.24) is 0 Å². The van der Waals surface area contributed by atoms with Crippen LogP contribution in [0.3, 0.4) is 0 Å². The molecule has 0 saturated heterocycles. The third kappa shape index (κ3) is 6.56. The number of allylic oxidation sites excluding steroid dienone is 6. The molecule has 2 rings (SSSR count). The van der Waals surface area contributed by atoms with Gasteiger partial charge in [-0.05, 0) is 56.1 Å². The first-order valence-corrected chi connectivity index (χ1v) is 11.3. The van der Waals surface area contributed by atoms with Crippen LogP contribution >= 0.6 is 0 Å². The Balaban J connectivity index is 1.98. The number of carbonyl (C=O) groups is 1. The molecule has 0 heterocycles. The molecular formula is C25H40O. The smallest absolute Gasteiger partial charge is 0.184 e. The summed E-state index contributed by atoms with van der Waals surface area (Å²) in [6.45, 7) is 4.51. The first-order chi connectivity index (χ1) is 12.7.